The van der Waals surface area contributed by atoms with Gasteiger partial charge >= 0.3 is 0 Å². The van der Waals surface area contributed by atoms with Crippen LogP contribution in [0, 0.1) is 6.92 Å². The van der Waals surface area contributed by atoms with Crippen molar-refractivity contribution in [3.05, 3.63) is 35.7 Å². The first-order chi connectivity index (χ1) is 10.3. The molecule has 1 aliphatic carbocycles. The third kappa shape index (κ3) is 3.00. The van der Waals surface area contributed by atoms with Gasteiger partial charge in [0.1, 0.15) is 5.82 Å². The van der Waals surface area contributed by atoms with E-state index in [1.54, 1.807) is 0 Å². The first-order valence-corrected chi connectivity index (χ1v) is 8.00. The predicted molar refractivity (Wildman–Crippen MR) is 85.1 cm³/mol. The zero-order chi connectivity index (χ0) is 14.7. The highest BCUT2D eigenvalue weighted by Crippen LogP contribution is 2.32. The maximum atomic E-state index is 5.61. The number of aryl methyl sites for hydroxylation is 1. The summed E-state index contributed by atoms with van der Waals surface area (Å²) < 4.78 is 2.34. The minimum atomic E-state index is 0.562. The molecule has 1 saturated carbocycles. The second kappa shape index (κ2) is 6.39. The van der Waals surface area contributed by atoms with Gasteiger partial charge in [0.25, 0.3) is 0 Å². The summed E-state index contributed by atoms with van der Waals surface area (Å²) in [4.78, 5) is 0. The first kappa shape index (κ1) is 14.3. The van der Waals surface area contributed by atoms with Crippen molar-refractivity contribution in [2.24, 2.45) is 5.73 Å². The lowest BCUT2D eigenvalue weighted by Crippen LogP contribution is -2.15. The van der Waals surface area contributed by atoms with Crippen LogP contribution in [-0.2, 0) is 6.42 Å². The molecular weight excluding hydrogens is 260 g/mol. The first-order valence-electron chi connectivity index (χ1n) is 8.00. The molecule has 21 heavy (non-hydrogen) atoms. The molecule has 112 valence electrons. The molecule has 1 aromatic heterocycles. The average molecular weight is 284 g/mol. The molecule has 1 fully saturated rings. The summed E-state index contributed by atoms with van der Waals surface area (Å²) in [7, 11) is 0. The van der Waals surface area contributed by atoms with Gasteiger partial charge in [0.15, 0.2) is 5.82 Å². The second-order valence-corrected chi connectivity index (χ2v) is 5.97. The summed E-state index contributed by atoms with van der Waals surface area (Å²) in [5.74, 6) is 2.04. The van der Waals surface area contributed by atoms with E-state index >= 15 is 0 Å². The summed E-state index contributed by atoms with van der Waals surface area (Å²) in [5, 5.41) is 8.74. The third-order valence-corrected chi connectivity index (χ3v) is 4.45. The molecular formula is C17H24N4. The van der Waals surface area contributed by atoms with Crippen LogP contribution in [0.5, 0.6) is 0 Å². The highest BCUT2D eigenvalue weighted by molar-refractivity contribution is 5.56. The molecule has 0 atom stereocenters. The van der Waals surface area contributed by atoms with Crippen molar-refractivity contribution in [2.45, 2.75) is 51.5 Å². The van der Waals surface area contributed by atoms with Crippen molar-refractivity contribution in [2.75, 3.05) is 6.54 Å². The summed E-state index contributed by atoms with van der Waals surface area (Å²) in [6.07, 6.45) is 7.41. The lowest BCUT2D eigenvalue weighted by molar-refractivity contribution is 0.350. The highest BCUT2D eigenvalue weighted by Gasteiger charge is 2.21. The molecule has 2 N–H and O–H groups in total. The van der Waals surface area contributed by atoms with Gasteiger partial charge in [-0.1, -0.05) is 43.5 Å². The largest absolute Gasteiger partial charge is 0.330 e. The van der Waals surface area contributed by atoms with Gasteiger partial charge in [0.05, 0.1) is 0 Å². The molecule has 3 rings (SSSR count). The van der Waals surface area contributed by atoms with Crippen LogP contribution < -0.4 is 5.73 Å². The number of benzene rings is 1. The van der Waals surface area contributed by atoms with Crippen LogP contribution in [0.2, 0.25) is 0 Å². The summed E-state index contributed by atoms with van der Waals surface area (Å²) in [6.45, 7) is 2.75. The van der Waals surface area contributed by atoms with Crippen LogP contribution in [0.15, 0.2) is 24.3 Å². The molecule has 0 radical (unpaired) electrons. The van der Waals surface area contributed by atoms with Crippen LogP contribution in [-0.4, -0.2) is 21.3 Å². The third-order valence-electron chi connectivity index (χ3n) is 4.45. The van der Waals surface area contributed by atoms with Crippen LogP contribution in [0.25, 0.3) is 11.4 Å². The molecule has 4 heteroatoms. The van der Waals surface area contributed by atoms with E-state index in [9.17, 15) is 0 Å². The summed E-state index contributed by atoms with van der Waals surface area (Å²) in [6, 6.07) is 9.16. The van der Waals surface area contributed by atoms with Crippen LogP contribution >= 0.6 is 0 Å². The van der Waals surface area contributed by atoms with Gasteiger partial charge in [0.2, 0.25) is 0 Å². The maximum Gasteiger partial charge on any atom is 0.164 e. The molecule has 0 saturated heterocycles. The Labute approximate surface area is 126 Å². The molecule has 0 unspecified atom stereocenters. The van der Waals surface area contributed by atoms with E-state index in [1.807, 2.05) is 0 Å². The number of aromatic nitrogens is 3. The Morgan fingerprint density at radius 2 is 1.81 bits per heavy atom. The molecule has 1 aromatic carbocycles. The minimum absolute atomic E-state index is 0.562. The lowest BCUT2D eigenvalue weighted by Gasteiger charge is -2.25. The van der Waals surface area contributed by atoms with E-state index < -0.39 is 0 Å². The van der Waals surface area contributed by atoms with Crippen LogP contribution in [0.1, 0.15) is 49.5 Å². The van der Waals surface area contributed by atoms with Gasteiger partial charge in [0, 0.05) is 11.6 Å². The Bertz CT molecular complexity index is 579. The second-order valence-electron chi connectivity index (χ2n) is 5.97. The maximum absolute atomic E-state index is 5.61. The number of hydrogen-bond donors (Lipinski definition) is 1. The predicted octanol–water partition coefficient (Wildman–Crippen LogP) is 3.26. The Kier molecular flexibility index (Phi) is 4.34. The van der Waals surface area contributed by atoms with Crippen LogP contribution in [0.4, 0.5) is 0 Å². The Morgan fingerprint density at radius 3 is 2.48 bits per heavy atom. The molecule has 1 aliphatic rings. The zero-order valence-electron chi connectivity index (χ0n) is 12.8. The quantitative estimate of drug-likeness (QED) is 0.937. The molecule has 0 bridgehead atoms. The van der Waals surface area contributed by atoms with Crippen molar-refractivity contribution in [3.8, 4) is 11.4 Å². The average Bonchev–Trinajstić information content (AvgIpc) is 2.91. The fourth-order valence-electron chi connectivity index (χ4n) is 3.33. The smallest absolute Gasteiger partial charge is 0.164 e. The van der Waals surface area contributed by atoms with Gasteiger partial charge < -0.3 is 10.3 Å². The normalized spacial score (nSPS) is 16.3. The van der Waals surface area contributed by atoms with Crippen molar-refractivity contribution < 1.29 is 0 Å². The van der Waals surface area contributed by atoms with E-state index in [1.165, 1.54) is 37.7 Å². The van der Waals surface area contributed by atoms with Crippen molar-refractivity contribution >= 4 is 0 Å². The van der Waals surface area contributed by atoms with Gasteiger partial charge in [-0.05, 0) is 38.3 Å². The number of hydrogen-bond acceptors (Lipinski definition) is 3. The standard InChI is InChI=1S/C17H24N4/c1-13-19-20-17(21(13)16-5-3-2-4-6-16)15-9-7-14(8-10-15)11-12-18/h7-10,16H,2-6,11-12,18H2,1H3. The fourth-order valence-corrected chi connectivity index (χ4v) is 3.33. The van der Waals surface area contributed by atoms with E-state index in [4.69, 9.17) is 5.73 Å². The SMILES string of the molecule is Cc1nnc(-c2ccc(CCN)cc2)n1C1CCCCC1. The Morgan fingerprint density at radius 1 is 1.10 bits per heavy atom. The van der Waals surface area contributed by atoms with Crippen LogP contribution in [0.3, 0.4) is 0 Å². The minimum Gasteiger partial charge on any atom is -0.330 e. The Balaban J connectivity index is 1.91. The van der Waals surface area contributed by atoms with E-state index in [2.05, 4.69) is 46.0 Å². The van der Waals surface area contributed by atoms with E-state index in [0.717, 1.165) is 23.6 Å². The van der Waals surface area contributed by atoms with Crippen molar-refractivity contribution in [1.29, 1.82) is 0 Å². The van der Waals surface area contributed by atoms with Crippen molar-refractivity contribution in [1.82, 2.24) is 14.8 Å². The molecule has 0 aliphatic heterocycles. The fraction of sp³-hybridized carbons (Fsp3) is 0.529. The molecule has 0 amide bonds. The van der Waals surface area contributed by atoms with Gasteiger partial charge in [-0.2, -0.15) is 0 Å². The van der Waals surface area contributed by atoms with Gasteiger partial charge in [-0.15, -0.1) is 10.2 Å². The molecule has 0 spiro atoms. The summed E-state index contributed by atoms with van der Waals surface area (Å²) >= 11 is 0. The van der Waals surface area contributed by atoms with Crippen molar-refractivity contribution in [3.63, 3.8) is 0 Å². The number of rotatable bonds is 4. The van der Waals surface area contributed by atoms with Gasteiger partial charge in [-0.25, -0.2) is 0 Å². The lowest BCUT2D eigenvalue weighted by atomic mass is 9.95. The highest BCUT2D eigenvalue weighted by atomic mass is 15.3. The van der Waals surface area contributed by atoms with Gasteiger partial charge in [-0.3, -0.25) is 0 Å². The molecule has 2 aromatic rings. The number of nitrogens with zero attached hydrogens (tertiary/aromatic N) is 3. The van der Waals surface area contributed by atoms with E-state index in [-0.39, 0.29) is 0 Å². The zero-order valence-corrected chi connectivity index (χ0v) is 12.8. The monoisotopic (exact) mass is 284 g/mol. The molecule has 1 heterocycles. The summed E-state index contributed by atoms with van der Waals surface area (Å²) in [5.41, 5.74) is 8.04. The Hall–Kier alpha value is -1.68. The topological polar surface area (TPSA) is 56.7 Å². The molecule has 4 nitrogen and oxygen atoms in total. The number of nitrogens with two attached hydrogens (primary N) is 1. The van der Waals surface area contributed by atoms with E-state index in [0.29, 0.717) is 12.6 Å².